The predicted octanol–water partition coefficient (Wildman–Crippen LogP) is 3.15. The molecular weight excluding hydrogens is 226 g/mol. The topological polar surface area (TPSA) is 26.3 Å². The summed E-state index contributed by atoms with van der Waals surface area (Å²) in [5.74, 6) is -0.671. The summed E-state index contributed by atoms with van der Waals surface area (Å²) in [6, 6.07) is 7.97. The second kappa shape index (κ2) is 6.78. The Balaban J connectivity index is 2.59. The second-order valence-electron chi connectivity index (χ2n) is 3.37. The third kappa shape index (κ3) is 4.34. The highest BCUT2D eigenvalue weighted by atomic mass is 19.2. The molecule has 1 aromatic rings. The van der Waals surface area contributed by atoms with Gasteiger partial charge in [-0.15, -0.1) is 0 Å². The maximum Gasteiger partial charge on any atom is 0.330 e. The average Bonchev–Trinajstić information content (AvgIpc) is 2.36. The molecule has 0 aliphatic heterocycles. The molecule has 2 unspecified atom stereocenters. The SMILES string of the molecule is CCOC(=O)/C=C/C(F)C(F)c1ccccc1. The molecule has 0 N–H and O–H groups in total. The largest absolute Gasteiger partial charge is 0.463 e. The fraction of sp³-hybridized carbons (Fsp3) is 0.308. The first-order valence-electron chi connectivity index (χ1n) is 5.33. The van der Waals surface area contributed by atoms with Gasteiger partial charge in [0, 0.05) is 6.08 Å². The molecule has 0 amide bonds. The van der Waals surface area contributed by atoms with Gasteiger partial charge in [-0.3, -0.25) is 0 Å². The number of carbonyl (C=O) groups is 1. The number of hydrogen-bond acceptors (Lipinski definition) is 2. The van der Waals surface area contributed by atoms with E-state index in [0.29, 0.717) is 0 Å². The van der Waals surface area contributed by atoms with Gasteiger partial charge in [-0.1, -0.05) is 30.3 Å². The summed E-state index contributed by atoms with van der Waals surface area (Å²) in [7, 11) is 0. The van der Waals surface area contributed by atoms with Gasteiger partial charge in [-0.25, -0.2) is 13.6 Å². The molecule has 0 aromatic heterocycles. The summed E-state index contributed by atoms with van der Waals surface area (Å²) in [4.78, 5) is 10.9. The van der Waals surface area contributed by atoms with E-state index in [1.807, 2.05) is 0 Å². The molecule has 0 saturated heterocycles. The highest BCUT2D eigenvalue weighted by molar-refractivity contribution is 5.81. The number of rotatable bonds is 5. The van der Waals surface area contributed by atoms with Crippen molar-refractivity contribution >= 4 is 5.97 Å². The number of allylic oxidation sites excluding steroid dienone is 1. The molecule has 0 spiro atoms. The van der Waals surface area contributed by atoms with Gasteiger partial charge in [-0.2, -0.15) is 0 Å². The van der Waals surface area contributed by atoms with Crippen molar-refractivity contribution in [1.82, 2.24) is 0 Å². The van der Waals surface area contributed by atoms with Crippen molar-refractivity contribution in [3.05, 3.63) is 48.0 Å². The standard InChI is InChI=1S/C13H14F2O2/c1-2-17-12(16)9-8-11(14)13(15)10-6-4-3-5-7-10/h3-9,11,13H,2H2,1H3/b9-8+. The molecule has 92 valence electrons. The molecular formula is C13H14F2O2. The molecule has 0 radical (unpaired) electrons. The van der Waals surface area contributed by atoms with Crippen LogP contribution in [0.15, 0.2) is 42.5 Å². The maximum absolute atomic E-state index is 13.6. The molecule has 0 bridgehead atoms. The molecule has 2 nitrogen and oxygen atoms in total. The van der Waals surface area contributed by atoms with E-state index in [1.54, 1.807) is 25.1 Å². The van der Waals surface area contributed by atoms with Gasteiger partial charge in [0.05, 0.1) is 6.61 Å². The first kappa shape index (κ1) is 13.4. The number of halogens is 2. The highest BCUT2D eigenvalue weighted by Crippen LogP contribution is 2.24. The third-order valence-electron chi connectivity index (χ3n) is 2.10. The van der Waals surface area contributed by atoms with Gasteiger partial charge < -0.3 is 4.74 Å². The molecule has 0 fully saturated rings. The lowest BCUT2D eigenvalue weighted by atomic mass is 10.1. The van der Waals surface area contributed by atoms with Gasteiger partial charge in [0.1, 0.15) is 0 Å². The van der Waals surface area contributed by atoms with Crippen LogP contribution in [0.4, 0.5) is 8.78 Å². The van der Waals surface area contributed by atoms with Gasteiger partial charge in [0.15, 0.2) is 12.3 Å². The molecule has 0 saturated carbocycles. The van der Waals surface area contributed by atoms with E-state index in [9.17, 15) is 13.6 Å². The molecule has 1 aromatic carbocycles. The first-order valence-corrected chi connectivity index (χ1v) is 5.33. The minimum Gasteiger partial charge on any atom is -0.463 e. The van der Waals surface area contributed by atoms with Crippen LogP contribution in [0.25, 0.3) is 0 Å². The Bertz CT molecular complexity index is 376. The van der Waals surface area contributed by atoms with E-state index in [0.717, 1.165) is 12.2 Å². The van der Waals surface area contributed by atoms with E-state index in [-0.39, 0.29) is 12.2 Å². The van der Waals surface area contributed by atoms with E-state index < -0.39 is 18.3 Å². The summed E-state index contributed by atoms with van der Waals surface area (Å²) < 4.78 is 31.6. The summed E-state index contributed by atoms with van der Waals surface area (Å²) >= 11 is 0. The van der Waals surface area contributed by atoms with E-state index in [4.69, 9.17) is 0 Å². The quantitative estimate of drug-likeness (QED) is 0.583. The highest BCUT2D eigenvalue weighted by Gasteiger charge is 2.19. The van der Waals surface area contributed by atoms with Crippen molar-refractivity contribution in [2.75, 3.05) is 6.61 Å². The van der Waals surface area contributed by atoms with E-state index >= 15 is 0 Å². The van der Waals surface area contributed by atoms with Crippen LogP contribution in [0.5, 0.6) is 0 Å². The predicted molar refractivity (Wildman–Crippen MR) is 61.0 cm³/mol. The molecule has 0 aliphatic rings. The summed E-state index contributed by atoms with van der Waals surface area (Å²) in [5.41, 5.74) is 0.244. The monoisotopic (exact) mass is 240 g/mol. The smallest absolute Gasteiger partial charge is 0.330 e. The van der Waals surface area contributed by atoms with Gasteiger partial charge in [0.2, 0.25) is 0 Å². The van der Waals surface area contributed by atoms with Crippen molar-refractivity contribution < 1.29 is 18.3 Å². The number of benzene rings is 1. The van der Waals surface area contributed by atoms with Crippen LogP contribution in [0.1, 0.15) is 18.7 Å². The molecule has 17 heavy (non-hydrogen) atoms. The summed E-state index contributed by atoms with van der Waals surface area (Å²) in [6.45, 7) is 1.85. The van der Waals surface area contributed by atoms with Crippen LogP contribution in [-0.2, 0) is 9.53 Å². The zero-order valence-corrected chi connectivity index (χ0v) is 9.48. The van der Waals surface area contributed by atoms with Gasteiger partial charge >= 0.3 is 5.97 Å². The van der Waals surface area contributed by atoms with Crippen molar-refractivity contribution in [2.45, 2.75) is 19.3 Å². The number of ether oxygens (including phenoxy) is 1. The van der Waals surface area contributed by atoms with Crippen LogP contribution in [0.3, 0.4) is 0 Å². The Morgan fingerprint density at radius 1 is 1.35 bits per heavy atom. The van der Waals surface area contributed by atoms with Gasteiger partial charge in [0.25, 0.3) is 0 Å². The molecule has 1 rings (SSSR count). The minimum atomic E-state index is -1.86. The Hall–Kier alpha value is -1.71. The van der Waals surface area contributed by atoms with Crippen LogP contribution >= 0.6 is 0 Å². The fourth-order valence-corrected chi connectivity index (χ4v) is 1.28. The average molecular weight is 240 g/mol. The van der Waals surface area contributed by atoms with Gasteiger partial charge in [-0.05, 0) is 18.6 Å². The maximum atomic E-state index is 13.6. The zero-order chi connectivity index (χ0) is 12.7. The van der Waals surface area contributed by atoms with Crippen molar-refractivity contribution in [3.8, 4) is 0 Å². The molecule has 2 atom stereocenters. The Morgan fingerprint density at radius 3 is 2.59 bits per heavy atom. The fourth-order valence-electron chi connectivity index (χ4n) is 1.28. The third-order valence-corrected chi connectivity index (χ3v) is 2.10. The van der Waals surface area contributed by atoms with E-state index in [1.165, 1.54) is 12.1 Å². The number of esters is 1. The number of hydrogen-bond donors (Lipinski definition) is 0. The number of alkyl halides is 2. The molecule has 0 aliphatic carbocycles. The Kier molecular flexibility index (Phi) is 5.33. The second-order valence-corrected chi connectivity index (χ2v) is 3.37. The lowest BCUT2D eigenvalue weighted by Gasteiger charge is -2.09. The summed E-state index contributed by atoms with van der Waals surface area (Å²) in [5, 5.41) is 0. The van der Waals surface area contributed by atoms with Crippen LogP contribution in [-0.4, -0.2) is 18.7 Å². The normalized spacial score (nSPS) is 14.5. The van der Waals surface area contributed by atoms with Crippen molar-refractivity contribution in [2.24, 2.45) is 0 Å². The number of carbonyl (C=O) groups excluding carboxylic acids is 1. The lowest BCUT2D eigenvalue weighted by Crippen LogP contribution is -2.08. The van der Waals surface area contributed by atoms with Crippen molar-refractivity contribution in [1.29, 1.82) is 0 Å². The van der Waals surface area contributed by atoms with Crippen LogP contribution in [0, 0.1) is 0 Å². The van der Waals surface area contributed by atoms with Crippen LogP contribution in [0.2, 0.25) is 0 Å². The van der Waals surface area contributed by atoms with Crippen molar-refractivity contribution in [3.63, 3.8) is 0 Å². The Labute approximate surface area is 98.9 Å². The minimum absolute atomic E-state index is 0.206. The summed E-state index contributed by atoms with van der Waals surface area (Å²) in [6.07, 6.45) is -1.86. The Morgan fingerprint density at radius 2 is 2.00 bits per heavy atom. The zero-order valence-electron chi connectivity index (χ0n) is 9.48. The van der Waals surface area contributed by atoms with Crippen LogP contribution < -0.4 is 0 Å². The molecule has 4 heteroatoms. The lowest BCUT2D eigenvalue weighted by molar-refractivity contribution is -0.137. The molecule has 0 heterocycles. The first-order chi connectivity index (χ1) is 8.15. The van der Waals surface area contributed by atoms with E-state index in [2.05, 4.69) is 4.74 Å².